The molecule has 0 aromatic rings. The molecule has 1 aliphatic rings. The van der Waals surface area contributed by atoms with Crippen LogP contribution in [0.4, 0.5) is 4.79 Å². The van der Waals surface area contributed by atoms with E-state index in [4.69, 9.17) is 14.2 Å². The van der Waals surface area contributed by atoms with Crippen LogP contribution in [0.2, 0.25) is 0 Å². The lowest BCUT2D eigenvalue weighted by molar-refractivity contribution is -0.148. The highest BCUT2D eigenvalue weighted by Gasteiger charge is 2.53. The van der Waals surface area contributed by atoms with Crippen LogP contribution in [0.25, 0.3) is 0 Å². The molecular weight excluding hydrogens is 310 g/mol. The molecule has 1 amide bonds. The second kappa shape index (κ2) is 7.72. The molecule has 0 aromatic carbocycles. The van der Waals surface area contributed by atoms with Gasteiger partial charge in [-0.2, -0.15) is 0 Å². The smallest absolute Gasteiger partial charge is 0.413 e. The monoisotopic (exact) mass is 343 g/mol. The second-order valence-electron chi connectivity index (χ2n) is 8.17. The summed E-state index contributed by atoms with van der Waals surface area (Å²) in [7, 11) is 0. The highest BCUT2D eigenvalue weighted by molar-refractivity contribution is 5.71. The first-order valence-corrected chi connectivity index (χ1v) is 8.74. The molecule has 1 atom stereocenters. The van der Waals surface area contributed by atoms with E-state index in [1.807, 2.05) is 41.5 Å². The first-order chi connectivity index (χ1) is 10.9. The van der Waals surface area contributed by atoms with E-state index in [0.717, 1.165) is 19.3 Å². The summed E-state index contributed by atoms with van der Waals surface area (Å²) in [5.74, 6) is -0.237. The molecule has 0 aromatic heterocycles. The molecule has 1 saturated heterocycles. The SMILES string of the molecule is CCCCCC(=O)OC[C@@]1(C)COC(C)(C)N1C(=O)OC(C)(C)C. The van der Waals surface area contributed by atoms with Crippen LogP contribution >= 0.6 is 0 Å². The van der Waals surface area contributed by atoms with Crippen LogP contribution in [0.5, 0.6) is 0 Å². The summed E-state index contributed by atoms with van der Waals surface area (Å²) in [5.41, 5.74) is -2.16. The maximum absolute atomic E-state index is 12.6. The minimum atomic E-state index is -0.814. The van der Waals surface area contributed by atoms with Crippen LogP contribution in [0, 0.1) is 0 Å². The summed E-state index contributed by atoms with van der Waals surface area (Å²) in [6.07, 6.45) is 2.82. The standard InChI is InChI=1S/C18H33NO5/c1-8-9-10-11-14(20)22-12-18(7)13-23-17(5,6)19(18)15(21)24-16(2,3)4/h8-13H2,1-7H3/t18-/m0/s1. The zero-order valence-corrected chi connectivity index (χ0v) is 16.2. The Kier molecular flexibility index (Phi) is 6.67. The highest BCUT2D eigenvalue weighted by atomic mass is 16.6. The topological polar surface area (TPSA) is 65.1 Å². The fraction of sp³-hybridized carbons (Fsp3) is 0.889. The summed E-state index contributed by atoms with van der Waals surface area (Å²) in [5, 5.41) is 0. The molecule has 0 radical (unpaired) electrons. The van der Waals surface area contributed by atoms with Crippen molar-refractivity contribution >= 4 is 12.1 Å². The average molecular weight is 343 g/mol. The summed E-state index contributed by atoms with van der Waals surface area (Å²) in [4.78, 5) is 26.1. The Bertz CT molecular complexity index is 455. The van der Waals surface area contributed by atoms with E-state index in [9.17, 15) is 9.59 Å². The Morgan fingerprint density at radius 3 is 2.33 bits per heavy atom. The van der Waals surface area contributed by atoms with Crippen molar-refractivity contribution in [1.82, 2.24) is 4.90 Å². The van der Waals surface area contributed by atoms with Gasteiger partial charge >= 0.3 is 12.1 Å². The number of nitrogens with zero attached hydrogens (tertiary/aromatic N) is 1. The molecule has 0 spiro atoms. The summed E-state index contributed by atoms with van der Waals surface area (Å²) < 4.78 is 16.7. The third-order valence-electron chi connectivity index (χ3n) is 3.92. The van der Waals surface area contributed by atoms with E-state index in [2.05, 4.69) is 6.92 Å². The molecule has 1 rings (SSSR count). The summed E-state index contributed by atoms with van der Waals surface area (Å²) in [6, 6.07) is 0. The van der Waals surface area contributed by atoms with E-state index in [1.165, 1.54) is 0 Å². The van der Waals surface area contributed by atoms with Crippen molar-refractivity contribution in [3.05, 3.63) is 0 Å². The van der Waals surface area contributed by atoms with Gasteiger partial charge in [0.25, 0.3) is 0 Å². The molecule has 1 aliphatic heterocycles. The largest absolute Gasteiger partial charge is 0.463 e. The molecule has 0 aliphatic carbocycles. The van der Waals surface area contributed by atoms with E-state index >= 15 is 0 Å². The van der Waals surface area contributed by atoms with Gasteiger partial charge < -0.3 is 14.2 Å². The van der Waals surface area contributed by atoms with Gasteiger partial charge in [-0.05, 0) is 48.0 Å². The van der Waals surface area contributed by atoms with Gasteiger partial charge in [-0.25, -0.2) is 4.79 Å². The predicted molar refractivity (Wildman–Crippen MR) is 91.6 cm³/mol. The third kappa shape index (κ3) is 5.65. The van der Waals surface area contributed by atoms with Crippen molar-refractivity contribution in [3.63, 3.8) is 0 Å². The Morgan fingerprint density at radius 1 is 1.17 bits per heavy atom. The number of esters is 1. The number of rotatable bonds is 6. The summed E-state index contributed by atoms with van der Waals surface area (Å²) >= 11 is 0. The third-order valence-corrected chi connectivity index (χ3v) is 3.92. The van der Waals surface area contributed by atoms with Gasteiger partial charge in [-0.1, -0.05) is 19.8 Å². The number of carbonyl (C=O) groups excluding carboxylic acids is 2. The van der Waals surface area contributed by atoms with E-state index in [-0.39, 0.29) is 12.6 Å². The molecular formula is C18H33NO5. The Hall–Kier alpha value is -1.30. The molecule has 6 nitrogen and oxygen atoms in total. The zero-order chi connectivity index (χ0) is 18.6. The van der Waals surface area contributed by atoms with Crippen molar-refractivity contribution in [3.8, 4) is 0 Å². The van der Waals surface area contributed by atoms with E-state index < -0.39 is 23.0 Å². The number of unbranched alkanes of at least 4 members (excludes halogenated alkanes) is 2. The Morgan fingerprint density at radius 2 is 1.79 bits per heavy atom. The first-order valence-electron chi connectivity index (χ1n) is 8.74. The zero-order valence-electron chi connectivity index (χ0n) is 16.2. The lowest BCUT2D eigenvalue weighted by Gasteiger charge is -2.39. The Balaban J connectivity index is 2.75. The van der Waals surface area contributed by atoms with Gasteiger partial charge in [0.15, 0.2) is 0 Å². The van der Waals surface area contributed by atoms with E-state index in [1.54, 1.807) is 4.90 Å². The number of hydrogen-bond acceptors (Lipinski definition) is 5. The molecule has 0 saturated carbocycles. The van der Waals surface area contributed by atoms with Crippen LogP contribution < -0.4 is 0 Å². The normalized spacial score (nSPS) is 23.2. The quantitative estimate of drug-likeness (QED) is 0.541. The van der Waals surface area contributed by atoms with Crippen molar-refractivity contribution in [2.75, 3.05) is 13.2 Å². The minimum Gasteiger partial charge on any atom is -0.463 e. The molecule has 0 unspecified atom stereocenters. The van der Waals surface area contributed by atoms with Crippen molar-refractivity contribution in [1.29, 1.82) is 0 Å². The Labute approximate surface area is 145 Å². The van der Waals surface area contributed by atoms with Gasteiger partial charge in [-0.15, -0.1) is 0 Å². The molecule has 140 valence electrons. The fourth-order valence-electron chi connectivity index (χ4n) is 2.79. The molecule has 6 heteroatoms. The van der Waals surface area contributed by atoms with Crippen LogP contribution in [-0.4, -0.2) is 47.0 Å². The fourth-order valence-corrected chi connectivity index (χ4v) is 2.79. The van der Waals surface area contributed by atoms with Crippen LogP contribution in [0.15, 0.2) is 0 Å². The van der Waals surface area contributed by atoms with Gasteiger partial charge in [0.1, 0.15) is 23.5 Å². The van der Waals surface area contributed by atoms with Gasteiger partial charge in [0.05, 0.1) is 6.61 Å². The predicted octanol–water partition coefficient (Wildman–Crippen LogP) is 3.87. The van der Waals surface area contributed by atoms with Crippen LogP contribution in [-0.2, 0) is 19.0 Å². The first kappa shape index (κ1) is 20.7. The number of amides is 1. The van der Waals surface area contributed by atoms with Crippen LogP contribution in [0.1, 0.15) is 74.1 Å². The molecule has 24 heavy (non-hydrogen) atoms. The second-order valence-corrected chi connectivity index (χ2v) is 8.17. The number of ether oxygens (including phenoxy) is 3. The number of carbonyl (C=O) groups is 2. The van der Waals surface area contributed by atoms with Gasteiger partial charge in [0, 0.05) is 6.42 Å². The minimum absolute atomic E-state index is 0.0978. The molecule has 1 heterocycles. The maximum atomic E-state index is 12.6. The van der Waals surface area contributed by atoms with Crippen molar-refractivity contribution in [2.24, 2.45) is 0 Å². The average Bonchev–Trinajstić information content (AvgIpc) is 2.66. The van der Waals surface area contributed by atoms with Crippen molar-refractivity contribution in [2.45, 2.75) is 91.0 Å². The highest BCUT2D eigenvalue weighted by Crippen LogP contribution is 2.36. The number of hydrogen-bond donors (Lipinski definition) is 0. The van der Waals surface area contributed by atoms with E-state index in [0.29, 0.717) is 13.0 Å². The lowest BCUT2D eigenvalue weighted by atomic mass is 10.0. The molecule has 0 N–H and O–H groups in total. The summed E-state index contributed by atoms with van der Waals surface area (Å²) in [6.45, 7) is 13.4. The van der Waals surface area contributed by atoms with Crippen LogP contribution in [0.3, 0.4) is 0 Å². The maximum Gasteiger partial charge on any atom is 0.413 e. The van der Waals surface area contributed by atoms with Gasteiger partial charge in [0.2, 0.25) is 0 Å². The molecule has 1 fully saturated rings. The van der Waals surface area contributed by atoms with Crippen molar-refractivity contribution < 1.29 is 23.8 Å². The molecule has 0 bridgehead atoms. The lowest BCUT2D eigenvalue weighted by Crippen LogP contribution is -2.57. The van der Waals surface area contributed by atoms with Gasteiger partial charge in [-0.3, -0.25) is 9.69 Å².